The maximum atomic E-state index is 12.5. The van der Waals surface area contributed by atoms with Crippen LogP contribution in [0.25, 0.3) is 11.0 Å². The number of aromatic nitrogens is 2. The zero-order valence-electron chi connectivity index (χ0n) is 14.4. The van der Waals surface area contributed by atoms with Crippen molar-refractivity contribution in [3.05, 3.63) is 65.4 Å². The number of imidazole rings is 1. The maximum absolute atomic E-state index is 12.5. The van der Waals surface area contributed by atoms with E-state index in [1.165, 1.54) is 0 Å². The molecule has 0 saturated heterocycles. The SMILES string of the molecule is COc1cccc([C@@H]2C(C(C)=O)=C(C)Nc3nc4ccccc4n32)c1. The highest BCUT2D eigenvalue weighted by Gasteiger charge is 2.32. The lowest BCUT2D eigenvalue weighted by Gasteiger charge is -2.30. The number of benzene rings is 2. The fraction of sp³-hybridized carbons (Fsp3) is 0.200. The highest BCUT2D eigenvalue weighted by molar-refractivity contribution is 5.97. The molecule has 126 valence electrons. The summed E-state index contributed by atoms with van der Waals surface area (Å²) in [6.07, 6.45) is 0. The van der Waals surface area contributed by atoms with Gasteiger partial charge in [-0.25, -0.2) is 4.98 Å². The van der Waals surface area contributed by atoms with Gasteiger partial charge in [0.15, 0.2) is 5.78 Å². The number of ketones is 1. The fourth-order valence-electron chi connectivity index (χ4n) is 3.55. The van der Waals surface area contributed by atoms with Gasteiger partial charge in [-0.2, -0.15) is 0 Å². The summed E-state index contributed by atoms with van der Waals surface area (Å²) in [4.78, 5) is 17.1. The van der Waals surface area contributed by atoms with E-state index in [9.17, 15) is 4.79 Å². The molecule has 5 nitrogen and oxygen atoms in total. The van der Waals surface area contributed by atoms with Crippen molar-refractivity contribution in [3.63, 3.8) is 0 Å². The maximum Gasteiger partial charge on any atom is 0.209 e. The number of hydrogen-bond acceptors (Lipinski definition) is 4. The van der Waals surface area contributed by atoms with Crippen molar-refractivity contribution >= 4 is 22.8 Å². The third kappa shape index (κ3) is 2.39. The Morgan fingerprint density at radius 3 is 2.76 bits per heavy atom. The molecule has 0 unspecified atom stereocenters. The quantitative estimate of drug-likeness (QED) is 0.789. The summed E-state index contributed by atoms with van der Waals surface area (Å²) in [6, 6.07) is 15.6. The van der Waals surface area contributed by atoms with Crippen LogP contribution in [0.1, 0.15) is 25.5 Å². The number of hydrogen-bond donors (Lipinski definition) is 1. The average molecular weight is 333 g/mol. The number of ether oxygens (including phenoxy) is 1. The van der Waals surface area contributed by atoms with Crippen LogP contribution < -0.4 is 10.1 Å². The van der Waals surface area contributed by atoms with Gasteiger partial charge >= 0.3 is 0 Å². The second-order valence-electron chi connectivity index (χ2n) is 6.19. The van der Waals surface area contributed by atoms with Crippen molar-refractivity contribution in [1.29, 1.82) is 0 Å². The summed E-state index contributed by atoms with van der Waals surface area (Å²) in [5.41, 5.74) is 4.46. The third-order valence-electron chi connectivity index (χ3n) is 4.62. The monoisotopic (exact) mass is 333 g/mol. The standard InChI is InChI=1S/C20H19N3O2/c1-12-18(13(2)24)19(14-7-6-8-15(11-14)25-3)23-17-10-5-4-9-16(17)22-20(23)21-12/h4-11,19H,1-3H3,(H,21,22)/t19-/m1/s1. The first-order valence-corrected chi connectivity index (χ1v) is 8.20. The van der Waals surface area contributed by atoms with Crippen LogP contribution in [-0.2, 0) is 4.79 Å². The largest absolute Gasteiger partial charge is 0.497 e. The van der Waals surface area contributed by atoms with Crippen LogP contribution in [0.4, 0.5) is 5.95 Å². The Morgan fingerprint density at radius 1 is 1.20 bits per heavy atom. The fourth-order valence-corrected chi connectivity index (χ4v) is 3.55. The van der Waals surface area contributed by atoms with E-state index in [1.54, 1.807) is 14.0 Å². The van der Waals surface area contributed by atoms with Crippen LogP contribution in [0.5, 0.6) is 5.75 Å². The van der Waals surface area contributed by atoms with Gasteiger partial charge < -0.3 is 10.1 Å². The minimum absolute atomic E-state index is 0.0428. The van der Waals surface area contributed by atoms with E-state index in [2.05, 4.69) is 9.88 Å². The number of carbonyl (C=O) groups excluding carboxylic acids is 1. The van der Waals surface area contributed by atoms with Crippen LogP contribution in [0.2, 0.25) is 0 Å². The molecular formula is C20H19N3O2. The van der Waals surface area contributed by atoms with E-state index in [0.717, 1.165) is 39.6 Å². The molecule has 0 spiro atoms. The lowest BCUT2D eigenvalue weighted by atomic mass is 9.92. The van der Waals surface area contributed by atoms with E-state index in [4.69, 9.17) is 9.72 Å². The molecule has 0 amide bonds. The van der Waals surface area contributed by atoms with E-state index in [1.807, 2.05) is 55.5 Å². The van der Waals surface area contributed by atoms with Gasteiger partial charge in [-0.3, -0.25) is 9.36 Å². The van der Waals surface area contributed by atoms with Crippen LogP contribution in [0, 0.1) is 0 Å². The zero-order valence-corrected chi connectivity index (χ0v) is 14.4. The van der Waals surface area contributed by atoms with Crippen LogP contribution in [0.3, 0.4) is 0 Å². The molecule has 0 radical (unpaired) electrons. The number of para-hydroxylation sites is 2. The number of anilines is 1. The van der Waals surface area contributed by atoms with E-state index >= 15 is 0 Å². The minimum atomic E-state index is -0.240. The molecule has 2 aromatic carbocycles. The summed E-state index contributed by atoms with van der Waals surface area (Å²) < 4.78 is 7.47. The molecule has 5 heteroatoms. The first-order chi connectivity index (χ1) is 12.1. The van der Waals surface area contributed by atoms with Crippen LogP contribution >= 0.6 is 0 Å². The molecular weight excluding hydrogens is 314 g/mol. The predicted molar refractivity (Wildman–Crippen MR) is 97.9 cm³/mol. The number of allylic oxidation sites excluding steroid dienone is 2. The van der Waals surface area contributed by atoms with Gasteiger partial charge in [-0.05, 0) is 43.7 Å². The first kappa shape index (κ1) is 15.4. The molecule has 0 aliphatic carbocycles. The molecule has 0 fully saturated rings. The van der Waals surface area contributed by atoms with Crippen molar-refractivity contribution in [1.82, 2.24) is 9.55 Å². The Balaban J connectivity index is 2.02. The summed E-state index contributed by atoms with van der Waals surface area (Å²) in [5.74, 6) is 1.56. The van der Waals surface area contributed by atoms with E-state index in [0.29, 0.717) is 0 Å². The molecule has 3 aromatic rings. The number of nitrogens with one attached hydrogen (secondary N) is 1. The summed E-state index contributed by atoms with van der Waals surface area (Å²) in [7, 11) is 1.65. The number of methoxy groups -OCH3 is 1. The van der Waals surface area contributed by atoms with Crippen LogP contribution in [0.15, 0.2) is 59.8 Å². The number of nitrogens with zero attached hydrogens (tertiary/aromatic N) is 2. The number of Topliss-reactive ketones (excluding diaryl/α,β-unsaturated/α-hetero) is 1. The highest BCUT2D eigenvalue weighted by Crippen LogP contribution is 2.39. The Kier molecular flexibility index (Phi) is 3.57. The Bertz CT molecular complexity index is 1020. The number of fused-ring (bicyclic) bond motifs is 3. The smallest absolute Gasteiger partial charge is 0.209 e. The molecule has 1 N–H and O–H groups in total. The van der Waals surface area contributed by atoms with Crippen molar-refractivity contribution in [3.8, 4) is 5.75 Å². The van der Waals surface area contributed by atoms with Gasteiger partial charge in [0.1, 0.15) is 5.75 Å². The van der Waals surface area contributed by atoms with Crippen molar-refractivity contribution < 1.29 is 9.53 Å². The lowest BCUT2D eigenvalue weighted by Crippen LogP contribution is -2.27. The van der Waals surface area contributed by atoms with Gasteiger partial charge in [0.2, 0.25) is 5.95 Å². The first-order valence-electron chi connectivity index (χ1n) is 8.20. The second kappa shape index (κ2) is 5.77. The molecule has 0 saturated carbocycles. The van der Waals surface area contributed by atoms with Crippen molar-refractivity contribution in [2.45, 2.75) is 19.9 Å². The van der Waals surface area contributed by atoms with E-state index < -0.39 is 0 Å². The van der Waals surface area contributed by atoms with Gasteiger partial charge in [-0.15, -0.1) is 0 Å². The van der Waals surface area contributed by atoms with Crippen molar-refractivity contribution in [2.75, 3.05) is 12.4 Å². The molecule has 1 aliphatic heterocycles. The Labute approximate surface area is 145 Å². The van der Waals surface area contributed by atoms with Gasteiger partial charge in [0.25, 0.3) is 0 Å². The molecule has 1 atom stereocenters. The molecule has 4 rings (SSSR count). The zero-order chi connectivity index (χ0) is 17.6. The Hall–Kier alpha value is -3.08. The average Bonchev–Trinajstić information content (AvgIpc) is 2.98. The minimum Gasteiger partial charge on any atom is -0.497 e. The third-order valence-corrected chi connectivity index (χ3v) is 4.62. The van der Waals surface area contributed by atoms with Crippen LogP contribution in [-0.4, -0.2) is 22.4 Å². The topological polar surface area (TPSA) is 56.1 Å². The summed E-state index contributed by atoms with van der Waals surface area (Å²) >= 11 is 0. The Morgan fingerprint density at radius 2 is 2.00 bits per heavy atom. The molecule has 1 aromatic heterocycles. The van der Waals surface area contributed by atoms with Gasteiger partial charge in [0.05, 0.1) is 24.2 Å². The molecule has 2 heterocycles. The highest BCUT2D eigenvalue weighted by atomic mass is 16.5. The normalized spacial score (nSPS) is 16.5. The molecule has 0 bridgehead atoms. The number of carbonyl (C=O) groups is 1. The molecule has 25 heavy (non-hydrogen) atoms. The van der Waals surface area contributed by atoms with Crippen molar-refractivity contribution in [2.24, 2.45) is 0 Å². The summed E-state index contributed by atoms with van der Waals surface area (Å²) in [5, 5.41) is 3.29. The summed E-state index contributed by atoms with van der Waals surface area (Å²) in [6.45, 7) is 3.53. The lowest BCUT2D eigenvalue weighted by molar-refractivity contribution is -0.114. The van der Waals surface area contributed by atoms with E-state index in [-0.39, 0.29) is 11.8 Å². The number of rotatable bonds is 3. The predicted octanol–water partition coefficient (Wildman–Crippen LogP) is 3.92. The van der Waals surface area contributed by atoms with Gasteiger partial charge in [0, 0.05) is 11.3 Å². The molecule has 1 aliphatic rings. The second-order valence-corrected chi connectivity index (χ2v) is 6.19. The van der Waals surface area contributed by atoms with Gasteiger partial charge in [-0.1, -0.05) is 24.3 Å².